The SMILES string of the molecule is CCc1cccc2c(C(CC(=O)N3CCOCC3)c3cccc(C)c3)c[nH]c12. The van der Waals surface area contributed by atoms with Crippen LogP contribution in [0.3, 0.4) is 0 Å². The van der Waals surface area contributed by atoms with Crippen molar-refractivity contribution in [2.45, 2.75) is 32.6 Å². The quantitative estimate of drug-likeness (QED) is 0.716. The van der Waals surface area contributed by atoms with Crippen molar-refractivity contribution in [3.8, 4) is 0 Å². The summed E-state index contributed by atoms with van der Waals surface area (Å²) in [4.78, 5) is 18.5. The highest BCUT2D eigenvalue weighted by Crippen LogP contribution is 2.35. The summed E-state index contributed by atoms with van der Waals surface area (Å²) >= 11 is 0. The zero-order valence-electron chi connectivity index (χ0n) is 16.7. The van der Waals surface area contributed by atoms with E-state index in [-0.39, 0.29) is 11.8 Å². The Morgan fingerprint density at radius 1 is 1.18 bits per heavy atom. The maximum atomic E-state index is 13.1. The minimum Gasteiger partial charge on any atom is -0.378 e. The maximum Gasteiger partial charge on any atom is 0.223 e. The maximum absolute atomic E-state index is 13.1. The minimum absolute atomic E-state index is 0.0381. The Hall–Kier alpha value is -2.59. The van der Waals surface area contributed by atoms with Crippen LogP contribution in [-0.4, -0.2) is 42.1 Å². The third-order valence-corrected chi connectivity index (χ3v) is 5.78. The van der Waals surface area contributed by atoms with Crippen LogP contribution in [0.2, 0.25) is 0 Å². The highest BCUT2D eigenvalue weighted by atomic mass is 16.5. The topological polar surface area (TPSA) is 45.3 Å². The van der Waals surface area contributed by atoms with E-state index in [9.17, 15) is 4.79 Å². The molecular weight excluding hydrogens is 348 g/mol. The smallest absolute Gasteiger partial charge is 0.223 e. The number of amides is 1. The lowest BCUT2D eigenvalue weighted by molar-refractivity contribution is -0.135. The molecule has 4 rings (SSSR count). The molecule has 0 aliphatic carbocycles. The first-order valence-corrected chi connectivity index (χ1v) is 10.2. The van der Waals surface area contributed by atoms with E-state index in [0.717, 1.165) is 6.42 Å². The number of aromatic amines is 1. The van der Waals surface area contributed by atoms with Gasteiger partial charge in [-0.2, -0.15) is 0 Å². The number of nitrogens with zero attached hydrogens (tertiary/aromatic N) is 1. The van der Waals surface area contributed by atoms with Gasteiger partial charge in [0.25, 0.3) is 0 Å². The van der Waals surface area contributed by atoms with E-state index in [2.05, 4.69) is 67.5 Å². The molecule has 146 valence electrons. The second-order valence-corrected chi connectivity index (χ2v) is 7.60. The van der Waals surface area contributed by atoms with Crippen LogP contribution in [0.15, 0.2) is 48.7 Å². The van der Waals surface area contributed by atoms with Crippen molar-refractivity contribution in [3.63, 3.8) is 0 Å². The Bertz CT molecular complexity index is 970. The van der Waals surface area contributed by atoms with E-state index in [4.69, 9.17) is 4.74 Å². The monoisotopic (exact) mass is 376 g/mol. The molecule has 3 aromatic rings. The second kappa shape index (κ2) is 8.19. The fourth-order valence-corrected chi connectivity index (χ4v) is 4.23. The average molecular weight is 376 g/mol. The van der Waals surface area contributed by atoms with E-state index in [1.54, 1.807) is 0 Å². The standard InChI is InChI=1S/C24H28N2O2/c1-3-18-7-5-9-20-22(16-25-24(18)20)21(19-8-4-6-17(2)14-19)15-23(27)26-10-12-28-13-11-26/h4-9,14,16,21,25H,3,10-13,15H2,1-2H3. The highest BCUT2D eigenvalue weighted by molar-refractivity contribution is 5.88. The van der Waals surface area contributed by atoms with Crippen LogP contribution in [0, 0.1) is 6.92 Å². The summed E-state index contributed by atoms with van der Waals surface area (Å²) < 4.78 is 5.41. The number of benzene rings is 2. The number of fused-ring (bicyclic) bond motifs is 1. The first-order valence-electron chi connectivity index (χ1n) is 10.2. The van der Waals surface area contributed by atoms with Crippen molar-refractivity contribution in [2.75, 3.05) is 26.3 Å². The molecule has 1 fully saturated rings. The van der Waals surface area contributed by atoms with E-state index >= 15 is 0 Å². The molecule has 2 aromatic carbocycles. The molecule has 0 radical (unpaired) electrons. The minimum atomic E-state index is 0.0381. The van der Waals surface area contributed by atoms with Gasteiger partial charge < -0.3 is 14.6 Å². The van der Waals surface area contributed by atoms with E-state index in [0.29, 0.717) is 32.7 Å². The number of hydrogen-bond acceptors (Lipinski definition) is 2. The van der Waals surface area contributed by atoms with Gasteiger partial charge in [0.05, 0.1) is 13.2 Å². The normalized spacial score (nSPS) is 15.7. The van der Waals surface area contributed by atoms with Crippen molar-refractivity contribution in [1.29, 1.82) is 0 Å². The molecule has 28 heavy (non-hydrogen) atoms. The summed E-state index contributed by atoms with van der Waals surface area (Å²) in [7, 11) is 0. The third kappa shape index (κ3) is 3.69. The van der Waals surface area contributed by atoms with Gasteiger partial charge in [-0.25, -0.2) is 0 Å². The molecule has 4 heteroatoms. The zero-order chi connectivity index (χ0) is 19.5. The summed E-state index contributed by atoms with van der Waals surface area (Å²) in [5.74, 6) is 0.243. The Kier molecular flexibility index (Phi) is 5.49. The number of hydrogen-bond donors (Lipinski definition) is 1. The molecule has 0 spiro atoms. The number of aromatic nitrogens is 1. The Morgan fingerprint density at radius 2 is 1.96 bits per heavy atom. The van der Waals surface area contributed by atoms with Gasteiger partial charge in [-0.3, -0.25) is 4.79 Å². The first-order chi connectivity index (χ1) is 13.7. The fraction of sp³-hybridized carbons (Fsp3) is 0.375. The Balaban J connectivity index is 1.74. The predicted molar refractivity (Wildman–Crippen MR) is 113 cm³/mol. The number of para-hydroxylation sites is 1. The van der Waals surface area contributed by atoms with Crippen molar-refractivity contribution in [3.05, 3.63) is 70.9 Å². The molecule has 1 aromatic heterocycles. The molecule has 4 nitrogen and oxygen atoms in total. The molecule has 0 bridgehead atoms. The summed E-state index contributed by atoms with van der Waals surface area (Å²) in [6.07, 6.45) is 3.56. The average Bonchev–Trinajstić information content (AvgIpc) is 3.16. The van der Waals surface area contributed by atoms with Gasteiger partial charge in [0.15, 0.2) is 0 Å². The Labute approximate surface area is 166 Å². The lowest BCUT2D eigenvalue weighted by Gasteiger charge is -2.29. The second-order valence-electron chi connectivity index (χ2n) is 7.60. The number of nitrogens with one attached hydrogen (secondary N) is 1. The fourth-order valence-electron chi connectivity index (χ4n) is 4.23. The van der Waals surface area contributed by atoms with Crippen molar-refractivity contribution >= 4 is 16.8 Å². The third-order valence-electron chi connectivity index (χ3n) is 5.78. The van der Waals surface area contributed by atoms with E-state index in [1.165, 1.54) is 33.2 Å². The van der Waals surface area contributed by atoms with Crippen LogP contribution in [0.5, 0.6) is 0 Å². The lowest BCUT2D eigenvalue weighted by atomic mass is 9.86. The molecule has 1 amide bonds. The summed E-state index contributed by atoms with van der Waals surface area (Å²) in [6, 6.07) is 15.0. The van der Waals surface area contributed by atoms with Gasteiger partial charge in [0, 0.05) is 42.5 Å². The number of aryl methyl sites for hydroxylation is 2. The van der Waals surface area contributed by atoms with Gasteiger partial charge in [-0.05, 0) is 30.0 Å². The van der Waals surface area contributed by atoms with Gasteiger partial charge in [-0.1, -0.05) is 55.0 Å². The van der Waals surface area contributed by atoms with Crippen molar-refractivity contribution in [2.24, 2.45) is 0 Å². The van der Waals surface area contributed by atoms with Gasteiger partial charge in [0.2, 0.25) is 5.91 Å². The van der Waals surface area contributed by atoms with E-state index in [1.807, 2.05) is 4.90 Å². The largest absolute Gasteiger partial charge is 0.378 e. The molecular formula is C24H28N2O2. The number of rotatable bonds is 5. The van der Waals surface area contributed by atoms with Crippen LogP contribution in [-0.2, 0) is 16.0 Å². The van der Waals surface area contributed by atoms with E-state index < -0.39 is 0 Å². The summed E-state index contributed by atoms with van der Waals surface area (Å²) in [5.41, 5.74) is 6.13. The molecule has 1 saturated heterocycles. The van der Waals surface area contributed by atoms with Crippen LogP contribution in [0.1, 0.15) is 41.5 Å². The number of carbonyl (C=O) groups is 1. The first kappa shape index (κ1) is 18.8. The Morgan fingerprint density at radius 3 is 2.71 bits per heavy atom. The molecule has 1 aliphatic rings. The lowest BCUT2D eigenvalue weighted by Crippen LogP contribution is -2.41. The predicted octanol–water partition coefficient (Wildman–Crippen LogP) is 4.42. The van der Waals surface area contributed by atoms with Crippen LogP contribution < -0.4 is 0 Å². The zero-order valence-corrected chi connectivity index (χ0v) is 16.7. The number of H-pyrrole nitrogens is 1. The molecule has 1 atom stereocenters. The molecule has 0 saturated carbocycles. The van der Waals surface area contributed by atoms with Crippen molar-refractivity contribution < 1.29 is 9.53 Å². The molecule has 1 unspecified atom stereocenters. The highest BCUT2D eigenvalue weighted by Gasteiger charge is 2.25. The van der Waals surface area contributed by atoms with Crippen molar-refractivity contribution in [1.82, 2.24) is 9.88 Å². The van der Waals surface area contributed by atoms with Gasteiger partial charge in [-0.15, -0.1) is 0 Å². The number of ether oxygens (including phenoxy) is 1. The molecule has 1 N–H and O–H groups in total. The number of morpholine rings is 1. The van der Waals surface area contributed by atoms with Gasteiger partial charge in [0.1, 0.15) is 0 Å². The van der Waals surface area contributed by atoms with Crippen LogP contribution in [0.25, 0.3) is 10.9 Å². The molecule has 1 aliphatic heterocycles. The van der Waals surface area contributed by atoms with Gasteiger partial charge >= 0.3 is 0 Å². The summed E-state index contributed by atoms with van der Waals surface area (Å²) in [5, 5.41) is 1.22. The molecule has 2 heterocycles. The van der Waals surface area contributed by atoms with Crippen LogP contribution >= 0.6 is 0 Å². The summed E-state index contributed by atoms with van der Waals surface area (Å²) in [6.45, 7) is 6.92. The number of carbonyl (C=O) groups excluding carboxylic acids is 1. The van der Waals surface area contributed by atoms with Crippen LogP contribution in [0.4, 0.5) is 0 Å².